The molecule has 1 aromatic heterocycles. The quantitative estimate of drug-likeness (QED) is 0.619. The van der Waals surface area contributed by atoms with Gasteiger partial charge in [-0.25, -0.2) is 8.78 Å². The predicted octanol–water partition coefficient (Wildman–Crippen LogP) is 5.08. The molecular formula is C14H14F2N2O2S. The van der Waals surface area contributed by atoms with Crippen molar-refractivity contribution in [2.75, 3.05) is 5.32 Å². The van der Waals surface area contributed by atoms with Gasteiger partial charge in [0, 0.05) is 33.1 Å². The summed E-state index contributed by atoms with van der Waals surface area (Å²) in [5.74, 6) is 0. The number of hydrogen-bond donors (Lipinski definition) is 1. The molecule has 0 amide bonds. The molecule has 21 heavy (non-hydrogen) atoms. The number of non-ortho nitro benzene ring substituents is 1. The normalized spacial score (nSPS) is 12.4. The van der Waals surface area contributed by atoms with E-state index in [4.69, 9.17) is 0 Å². The van der Waals surface area contributed by atoms with Crippen LogP contribution in [0.5, 0.6) is 0 Å². The highest BCUT2D eigenvalue weighted by atomic mass is 32.1. The topological polar surface area (TPSA) is 55.2 Å². The van der Waals surface area contributed by atoms with E-state index in [9.17, 15) is 18.9 Å². The zero-order valence-corrected chi connectivity index (χ0v) is 12.3. The molecule has 0 aliphatic carbocycles. The monoisotopic (exact) mass is 312 g/mol. The second-order valence-electron chi connectivity index (χ2n) is 4.64. The van der Waals surface area contributed by atoms with Crippen LogP contribution in [-0.4, -0.2) is 4.92 Å². The van der Waals surface area contributed by atoms with Gasteiger partial charge in [-0.2, -0.15) is 0 Å². The number of thiophene rings is 1. The van der Waals surface area contributed by atoms with Gasteiger partial charge in [0.1, 0.15) is 0 Å². The summed E-state index contributed by atoms with van der Waals surface area (Å²) >= 11 is 1.58. The minimum Gasteiger partial charge on any atom is -0.377 e. The number of alkyl halides is 2. The Hall–Kier alpha value is -2.02. The van der Waals surface area contributed by atoms with Crippen molar-refractivity contribution in [3.05, 3.63) is 55.8 Å². The number of aryl methyl sites for hydroxylation is 1. The molecule has 0 fully saturated rings. The van der Waals surface area contributed by atoms with E-state index < -0.39 is 11.3 Å². The highest BCUT2D eigenvalue weighted by Gasteiger charge is 2.19. The fourth-order valence-electron chi connectivity index (χ4n) is 1.97. The molecule has 1 aromatic carbocycles. The van der Waals surface area contributed by atoms with Crippen LogP contribution in [0.25, 0.3) is 0 Å². The van der Waals surface area contributed by atoms with Crippen LogP contribution < -0.4 is 5.32 Å². The van der Waals surface area contributed by atoms with Crippen molar-refractivity contribution in [2.45, 2.75) is 26.3 Å². The Morgan fingerprint density at radius 1 is 1.29 bits per heavy atom. The first-order valence-electron chi connectivity index (χ1n) is 6.28. The second-order valence-corrected chi connectivity index (χ2v) is 5.96. The summed E-state index contributed by atoms with van der Waals surface area (Å²) < 4.78 is 26.1. The summed E-state index contributed by atoms with van der Waals surface area (Å²) in [7, 11) is 0. The maximum absolute atomic E-state index is 13.1. The smallest absolute Gasteiger partial charge is 0.270 e. The van der Waals surface area contributed by atoms with Gasteiger partial charge in [-0.3, -0.25) is 10.1 Å². The van der Waals surface area contributed by atoms with E-state index in [0.29, 0.717) is 0 Å². The molecule has 1 atom stereocenters. The molecule has 1 unspecified atom stereocenters. The van der Waals surface area contributed by atoms with E-state index in [1.807, 2.05) is 26.0 Å². The Morgan fingerprint density at radius 3 is 2.52 bits per heavy atom. The van der Waals surface area contributed by atoms with Crippen molar-refractivity contribution in [1.29, 1.82) is 0 Å². The van der Waals surface area contributed by atoms with Gasteiger partial charge in [0.2, 0.25) is 0 Å². The molecule has 0 saturated carbocycles. The molecule has 2 rings (SSSR count). The number of nitro benzene ring substituents is 1. The Labute approximate surface area is 124 Å². The van der Waals surface area contributed by atoms with Crippen LogP contribution in [0.2, 0.25) is 0 Å². The van der Waals surface area contributed by atoms with Crippen LogP contribution in [-0.2, 0) is 0 Å². The number of nitrogens with one attached hydrogen (secondary N) is 1. The van der Waals surface area contributed by atoms with Crippen LogP contribution in [0.1, 0.15) is 34.7 Å². The maximum atomic E-state index is 13.1. The molecule has 0 aliphatic rings. The summed E-state index contributed by atoms with van der Waals surface area (Å²) in [6.45, 7) is 3.83. The third-order valence-electron chi connectivity index (χ3n) is 3.04. The molecule has 0 radical (unpaired) electrons. The van der Waals surface area contributed by atoms with Gasteiger partial charge >= 0.3 is 0 Å². The number of benzene rings is 1. The average Bonchev–Trinajstić information content (AvgIpc) is 2.85. The van der Waals surface area contributed by atoms with E-state index in [1.165, 1.54) is 12.1 Å². The lowest BCUT2D eigenvalue weighted by Gasteiger charge is -2.16. The van der Waals surface area contributed by atoms with Crippen LogP contribution in [0.4, 0.5) is 20.2 Å². The standard InChI is InChI=1S/C14H14F2N2O2S/c1-8-3-6-13(21-8)9(2)17-12-5-4-10(18(19)20)7-11(12)14(15)16/h3-7,9,14,17H,1-2H3. The molecule has 2 aromatic rings. The van der Waals surface area contributed by atoms with Crippen LogP contribution >= 0.6 is 11.3 Å². The summed E-state index contributed by atoms with van der Waals surface area (Å²) in [5, 5.41) is 13.7. The Bertz CT molecular complexity index is 658. The van der Waals surface area contributed by atoms with Crippen molar-refractivity contribution in [3.63, 3.8) is 0 Å². The van der Waals surface area contributed by atoms with E-state index in [1.54, 1.807) is 11.3 Å². The number of nitrogens with zero attached hydrogens (tertiary/aromatic N) is 1. The van der Waals surface area contributed by atoms with Gasteiger partial charge in [0.15, 0.2) is 0 Å². The van der Waals surface area contributed by atoms with E-state index in [0.717, 1.165) is 15.8 Å². The summed E-state index contributed by atoms with van der Waals surface area (Å²) in [5.41, 5.74) is -0.478. The van der Waals surface area contributed by atoms with Crippen LogP contribution in [0.15, 0.2) is 30.3 Å². The number of anilines is 1. The predicted molar refractivity (Wildman–Crippen MR) is 79.1 cm³/mol. The fourth-order valence-corrected chi connectivity index (χ4v) is 2.85. The number of halogens is 2. The molecule has 1 heterocycles. The van der Waals surface area contributed by atoms with Gasteiger partial charge in [-0.15, -0.1) is 11.3 Å². The second kappa shape index (κ2) is 6.17. The number of rotatable bonds is 5. The third kappa shape index (κ3) is 3.55. The number of nitro groups is 1. The fraction of sp³-hybridized carbons (Fsp3) is 0.286. The zero-order valence-electron chi connectivity index (χ0n) is 11.5. The van der Waals surface area contributed by atoms with Gasteiger partial charge in [0.05, 0.1) is 11.0 Å². The first-order chi connectivity index (χ1) is 9.88. The average molecular weight is 312 g/mol. The first-order valence-corrected chi connectivity index (χ1v) is 7.09. The van der Waals surface area contributed by atoms with E-state index in [2.05, 4.69) is 5.32 Å². The lowest BCUT2D eigenvalue weighted by atomic mass is 10.1. The van der Waals surface area contributed by atoms with Crippen molar-refractivity contribution in [1.82, 2.24) is 0 Å². The largest absolute Gasteiger partial charge is 0.377 e. The first kappa shape index (κ1) is 15.4. The van der Waals surface area contributed by atoms with Crippen molar-refractivity contribution in [3.8, 4) is 0 Å². The molecule has 0 spiro atoms. The lowest BCUT2D eigenvalue weighted by molar-refractivity contribution is -0.385. The van der Waals surface area contributed by atoms with Gasteiger partial charge in [-0.1, -0.05) is 0 Å². The third-order valence-corrected chi connectivity index (χ3v) is 4.22. The summed E-state index contributed by atoms with van der Waals surface area (Å²) in [4.78, 5) is 12.2. The highest BCUT2D eigenvalue weighted by Crippen LogP contribution is 2.33. The van der Waals surface area contributed by atoms with E-state index in [-0.39, 0.29) is 23.0 Å². The Morgan fingerprint density at radius 2 is 2.00 bits per heavy atom. The molecular weight excluding hydrogens is 298 g/mol. The Balaban J connectivity index is 2.28. The molecule has 0 bridgehead atoms. The van der Waals surface area contributed by atoms with Crippen LogP contribution in [0.3, 0.4) is 0 Å². The molecule has 1 N–H and O–H groups in total. The van der Waals surface area contributed by atoms with Gasteiger partial charge in [0.25, 0.3) is 12.1 Å². The molecule has 0 aliphatic heterocycles. The molecule has 4 nitrogen and oxygen atoms in total. The lowest BCUT2D eigenvalue weighted by Crippen LogP contribution is -2.07. The summed E-state index contributed by atoms with van der Waals surface area (Å²) in [6.07, 6.45) is -2.77. The minimum absolute atomic E-state index is 0.150. The Kier molecular flexibility index (Phi) is 4.52. The minimum atomic E-state index is -2.77. The van der Waals surface area contributed by atoms with E-state index >= 15 is 0 Å². The highest BCUT2D eigenvalue weighted by molar-refractivity contribution is 7.12. The maximum Gasteiger partial charge on any atom is 0.270 e. The molecule has 0 saturated heterocycles. The van der Waals surface area contributed by atoms with Crippen molar-refractivity contribution >= 4 is 22.7 Å². The van der Waals surface area contributed by atoms with Gasteiger partial charge < -0.3 is 5.32 Å². The molecule has 112 valence electrons. The van der Waals surface area contributed by atoms with Crippen molar-refractivity contribution in [2.24, 2.45) is 0 Å². The molecule has 7 heteroatoms. The number of hydrogen-bond acceptors (Lipinski definition) is 4. The van der Waals surface area contributed by atoms with Crippen molar-refractivity contribution < 1.29 is 13.7 Å². The summed E-state index contributed by atoms with van der Waals surface area (Å²) in [6, 6.07) is 7.21. The SMILES string of the molecule is Cc1ccc(C(C)Nc2ccc([N+](=O)[O-])cc2C(F)F)s1. The van der Waals surface area contributed by atoms with Crippen LogP contribution in [0, 0.1) is 17.0 Å². The van der Waals surface area contributed by atoms with Gasteiger partial charge in [-0.05, 0) is 32.0 Å². The zero-order chi connectivity index (χ0) is 15.6.